The lowest BCUT2D eigenvalue weighted by molar-refractivity contribution is -0.404. The fourth-order valence-electron chi connectivity index (χ4n) is 1.39. The minimum atomic E-state index is -4.80. The molecule has 1 rings (SSSR count). The number of non-ortho nitro benzene ring substituents is 1. The maximum Gasteiger partial charge on any atom is 0.287 e. The van der Waals surface area contributed by atoms with Gasteiger partial charge in [0.05, 0.1) is 26.9 Å². The van der Waals surface area contributed by atoms with Crippen molar-refractivity contribution in [2.75, 3.05) is 0 Å². The van der Waals surface area contributed by atoms with Crippen molar-refractivity contribution < 1.29 is 27.7 Å². The van der Waals surface area contributed by atoms with Crippen LogP contribution in [0.5, 0.6) is 0 Å². The fraction of sp³-hybridized carbons (Fsp3) is 0.143. The van der Waals surface area contributed by atoms with Crippen molar-refractivity contribution in [3.8, 4) is 0 Å². The molecule has 1 aromatic rings. The van der Waals surface area contributed by atoms with Gasteiger partial charge in [0.25, 0.3) is 27.2 Å². The van der Waals surface area contributed by atoms with Crippen LogP contribution in [0.2, 0.25) is 0 Å². The van der Waals surface area contributed by atoms with Crippen LogP contribution in [0.4, 0.5) is 17.1 Å². The third-order valence-electron chi connectivity index (χ3n) is 2.12. The molecular formula is C7H5N3O9S. The van der Waals surface area contributed by atoms with Gasteiger partial charge in [0, 0.05) is 0 Å². The molecule has 0 aliphatic carbocycles. The number of nitro benzene ring substituents is 3. The monoisotopic (exact) mass is 307 g/mol. The zero-order chi connectivity index (χ0) is 15.7. The second-order valence-electron chi connectivity index (χ2n) is 3.46. The first kappa shape index (κ1) is 15.4. The van der Waals surface area contributed by atoms with Crippen LogP contribution in [0.15, 0.2) is 12.1 Å². The average Bonchev–Trinajstić information content (AvgIpc) is 2.25. The number of hydrogen-bond acceptors (Lipinski definition) is 8. The van der Waals surface area contributed by atoms with Crippen LogP contribution >= 0.6 is 0 Å². The van der Waals surface area contributed by atoms with Crippen LogP contribution in [0.3, 0.4) is 0 Å². The molecule has 0 radical (unpaired) electrons. The SMILES string of the molecule is O=[N+]([O-])c1cc([N+](=O)[O-])c(CS(=O)(=O)O)c([N+](=O)[O-])c1. The Balaban J connectivity index is 3.72. The third kappa shape index (κ3) is 3.42. The molecule has 0 amide bonds. The summed E-state index contributed by atoms with van der Waals surface area (Å²) in [6.07, 6.45) is 0. The van der Waals surface area contributed by atoms with Crippen molar-refractivity contribution in [3.63, 3.8) is 0 Å². The van der Waals surface area contributed by atoms with E-state index in [2.05, 4.69) is 0 Å². The van der Waals surface area contributed by atoms with Gasteiger partial charge in [-0.15, -0.1) is 0 Å². The Morgan fingerprint density at radius 3 is 1.60 bits per heavy atom. The topological polar surface area (TPSA) is 184 Å². The normalized spacial score (nSPS) is 11.1. The summed E-state index contributed by atoms with van der Waals surface area (Å²) in [4.78, 5) is 28.5. The molecule has 1 aromatic carbocycles. The van der Waals surface area contributed by atoms with Gasteiger partial charge in [-0.1, -0.05) is 0 Å². The first-order valence-corrected chi connectivity index (χ1v) is 6.19. The van der Waals surface area contributed by atoms with Crippen LogP contribution in [0, 0.1) is 30.3 Å². The van der Waals surface area contributed by atoms with E-state index in [1.807, 2.05) is 0 Å². The van der Waals surface area contributed by atoms with E-state index in [0.717, 1.165) is 0 Å². The maximum absolute atomic E-state index is 10.7. The number of hydrogen-bond donors (Lipinski definition) is 1. The summed E-state index contributed by atoms with van der Waals surface area (Å²) in [5, 5.41) is 32.0. The van der Waals surface area contributed by atoms with Gasteiger partial charge in [-0.25, -0.2) is 0 Å². The summed E-state index contributed by atoms with van der Waals surface area (Å²) >= 11 is 0. The second kappa shape index (κ2) is 5.14. The fourth-order valence-corrected chi connectivity index (χ4v) is 2.05. The quantitative estimate of drug-likeness (QED) is 0.466. The summed E-state index contributed by atoms with van der Waals surface area (Å²) in [6, 6.07) is 0.765. The van der Waals surface area contributed by atoms with Crippen molar-refractivity contribution in [1.29, 1.82) is 0 Å². The Labute approximate surface area is 109 Å². The largest absolute Gasteiger partial charge is 0.287 e. The molecule has 0 saturated carbocycles. The van der Waals surface area contributed by atoms with Crippen molar-refractivity contribution in [2.45, 2.75) is 5.75 Å². The lowest BCUT2D eigenvalue weighted by Crippen LogP contribution is -2.08. The Morgan fingerprint density at radius 1 is 0.950 bits per heavy atom. The second-order valence-corrected chi connectivity index (χ2v) is 4.91. The molecule has 0 saturated heterocycles. The predicted molar refractivity (Wildman–Crippen MR) is 61.7 cm³/mol. The Kier molecular flexibility index (Phi) is 3.95. The van der Waals surface area contributed by atoms with Gasteiger partial charge in [-0.2, -0.15) is 8.42 Å². The molecule has 0 heterocycles. The highest BCUT2D eigenvalue weighted by molar-refractivity contribution is 7.85. The van der Waals surface area contributed by atoms with Crippen molar-refractivity contribution in [2.24, 2.45) is 0 Å². The molecule has 0 fully saturated rings. The van der Waals surface area contributed by atoms with Crippen LogP contribution in [-0.2, 0) is 15.9 Å². The average molecular weight is 307 g/mol. The van der Waals surface area contributed by atoms with E-state index in [1.54, 1.807) is 0 Å². The highest BCUT2D eigenvalue weighted by Crippen LogP contribution is 2.34. The van der Waals surface area contributed by atoms with E-state index >= 15 is 0 Å². The molecule has 0 aliphatic rings. The molecule has 0 bridgehead atoms. The molecule has 0 unspecified atom stereocenters. The maximum atomic E-state index is 10.7. The van der Waals surface area contributed by atoms with E-state index < -0.39 is 53.3 Å². The van der Waals surface area contributed by atoms with Crippen LogP contribution in [0.25, 0.3) is 0 Å². The molecule has 0 atom stereocenters. The van der Waals surface area contributed by atoms with Gasteiger partial charge in [0.15, 0.2) is 0 Å². The first-order chi connectivity index (χ1) is 9.03. The summed E-state index contributed by atoms with van der Waals surface area (Å²) < 4.78 is 30.1. The Hall–Kier alpha value is -2.67. The zero-order valence-electron chi connectivity index (χ0n) is 9.32. The van der Waals surface area contributed by atoms with E-state index in [4.69, 9.17) is 4.55 Å². The minimum Gasteiger partial charge on any atom is -0.285 e. The Bertz CT molecular complexity index is 675. The standard InChI is InChI=1S/C7H5N3O9S/c11-8(12)4-1-6(9(13)14)5(3-20(17,18)19)7(2-4)10(15)16/h1-2H,3H2,(H,17,18,19). The summed E-state index contributed by atoms with van der Waals surface area (Å²) in [6.45, 7) is 0. The van der Waals surface area contributed by atoms with Gasteiger partial charge < -0.3 is 0 Å². The molecule has 1 N–H and O–H groups in total. The molecule has 12 nitrogen and oxygen atoms in total. The van der Waals surface area contributed by atoms with Crippen molar-refractivity contribution in [3.05, 3.63) is 48.0 Å². The van der Waals surface area contributed by atoms with Gasteiger partial charge in [-0.3, -0.25) is 34.9 Å². The van der Waals surface area contributed by atoms with Gasteiger partial charge in [0.1, 0.15) is 11.3 Å². The lowest BCUT2D eigenvalue weighted by Gasteiger charge is -2.03. The van der Waals surface area contributed by atoms with E-state index in [1.165, 1.54) is 0 Å². The molecule has 0 spiro atoms. The molecule has 20 heavy (non-hydrogen) atoms. The summed E-state index contributed by atoms with van der Waals surface area (Å²) in [5.74, 6) is -1.41. The number of nitrogens with zero attached hydrogens (tertiary/aromatic N) is 3. The van der Waals surface area contributed by atoms with E-state index in [9.17, 15) is 38.8 Å². The third-order valence-corrected chi connectivity index (χ3v) is 2.77. The number of nitro groups is 3. The lowest BCUT2D eigenvalue weighted by atomic mass is 10.1. The van der Waals surface area contributed by atoms with Crippen LogP contribution in [-0.4, -0.2) is 27.7 Å². The highest BCUT2D eigenvalue weighted by Gasteiger charge is 2.32. The molecule has 13 heteroatoms. The highest BCUT2D eigenvalue weighted by atomic mass is 32.2. The van der Waals surface area contributed by atoms with Gasteiger partial charge in [-0.05, 0) is 0 Å². The number of rotatable bonds is 5. The van der Waals surface area contributed by atoms with Gasteiger partial charge in [0.2, 0.25) is 0 Å². The van der Waals surface area contributed by atoms with Crippen molar-refractivity contribution in [1.82, 2.24) is 0 Å². The van der Waals surface area contributed by atoms with E-state index in [0.29, 0.717) is 12.1 Å². The number of benzene rings is 1. The van der Waals surface area contributed by atoms with Crippen LogP contribution < -0.4 is 0 Å². The van der Waals surface area contributed by atoms with E-state index in [-0.39, 0.29) is 0 Å². The molecule has 0 aromatic heterocycles. The summed E-state index contributed by atoms with van der Waals surface area (Å²) in [5.41, 5.74) is -4.15. The molecule has 0 aliphatic heterocycles. The van der Waals surface area contributed by atoms with Crippen LogP contribution in [0.1, 0.15) is 5.56 Å². The Morgan fingerprint density at radius 2 is 1.35 bits per heavy atom. The minimum absolute atomic E-state index is 0.382. The van der Waals surface area contributed by atoms with Gasteiger partial charge >= 0.3 is 0 Å². The summed E-state index contributed by atoms with van der Waals surface area (Å²) in [7, 11) is -4.80. The smallest absolute Gasteiger partial charge is 0.285 e. The zero-order valence-corrected chi connectivity index (χ0v) is 10.1. The molecule has 108 valence electrons. The van der Waals surface area contributed by atoms with Crippen molar-refractivity contribution >= 4 is 27.2 Å². The predicted octanol–water partition coefficient (Wildman–Crippen LogP) is 0.799. The first-order valence-electron chi connectivity index (χ1n) is 4.58. The molecular weight excluding hydrogens is 302 g/mol.